The third-order valence-corrected chi connectivity index (χ3v) is 6.88. The lowest BCUT2D eigenvalue weighted by atomic mass is 9.93. The molecule has 1 aliphatic rings. The second-order valence-electron chi connectivity index (χ2n) is 8.91. The minimum atomic E-state index is -0.266. The van der Waals surface area contributed by atoms with Crippen LogP contribution in [0.3, 0.4) is 0 Å². The number of para-hydroxylation sites is 1. The third kappa shape index (κ3) is 3.27. The number of benzene rings is 2. The molecule has 1 fully saturated rings. The Kier molecular flexibility index (Phi) is 4.66. The fraction of sp³-hybridized carbons (Fsp3) is 0.269. The lowest BCUT2D eigenvalue weighted by molar-refractivity contribution is 0.111. The summed E-state index contributed by atoms with van der Waals surface area (Å²) in [6.45, 7) is 0. The topological polar surface area (TPSA) is 77.9 Å². The number of aliphatic hydroxyl groups is 1. The molecule has 0 atom stereocenters. The van der Waals surface area contributed by atoms with Crippen LogP contribution in [-0.2, 0) is 7.05 Å². The molecule has 0 saturated heterocycles. The van der Waals surface area contributed by atoms with Gasteiger partial charge in [0.2, 0.25) is 0 Å². The maximum absolute atomic E-state index is 13.3. The molecule has 0 spiro atoms. The van der Waals surface area contributed by atoms with Crippen LogP contribution in [0.25, 0.3) is 38.8 Å². The molecule has 0 amide bonds. The van der Waals surface area contributed by atoms with E-state index >= 15 is 0 Å². The van der Waals surface area contributed by atoms with Gasteiger partial charge in [-0.05, 0) is 55.5 Å². The number of aromatic nitrogens is 5. The molecule has 7 heteroatoms. The van der Waals surface area contributed by atoms with Crippen LogP contribution in [0.5, 0.6) is 0 Å². The zero-order valence-electron chi connectivity index (χ0n) is 18.4. The fourth-order valence-electron chi connectivity index (χ4n) is 5.06. The summed E-state index contributed by atoms with van der Waals surface area (Å²) in [4.78, 5) is 17.9. The van der Waals surface area contributed by atoms with Crippen molar-refractivity contribution in [3.05, 3.63) is 77.6 Å². The van der Waals surface area contributed by atoms with Gasteiger partial charge in [0.05, 0.1) is 40.7 Å². The van der Waals surface area contributed by atoms with E-state index in [1.807, 2.05) is 58.0 Å². The Hall–Kier alpha value is -3.71. The minimum Gasteiger partial charge on any atom is -0.393 e. The minimum absolute atomic E-state index is 0.0250. The van der Waals surface area contributed by atoms with E-state index in [9.17, 15) is 9.90 Å². The first kappa shape index (κ1) is 19.9. The maximum Gasteiger partial charge on any atom is 0.329 e. The molecule has 5 aromatic rings. The molecule has 166 valence electrons. The van der Waals surface area contributed by atoms with Crippen molar-refractivity contribution in [1.29, 1.82) is 0 Å². The highest BCUT2D eigenvalue weighted by molar-refractivity contribution is 6.04. The average Bonchev–Trinajstić information content (AvgIpc) is 3.44. The normalized spacial score (nSPS) is 18.8. The van der Waals surface area contributed by atoms with Gasteiger partial charge >= 0.3 is 5.69 Å². The first-order valence-electron chi connectivity index (χ1n) is 11.4. The van der Waals surface area contributed by atoms with Crippen molar-refractivity contribution in [3.63, 3.8) is 0 Å². The number of imidazole rings is 1. The Labute approximate surface area is 190 Å². The van der Waals surface area contributed by atoms with Gasteiger partial charge in [-0.3, -0.25) is 14.1 Å². The van der Waals surface area contributed by atoms with Gasteiger partial charge in [0.15, 0.2) is 0 Å². The van der Waals surface area contributed by atoms with Gasteiger partial charge < -0.3 is 5.11 Å². The molecule has 1 N–H and O–H groups in total. The summed E-state index contributed by atoms with van der Waals surface area (Å²) in [5.74, 6) is 0. The van der Waals surface area contributed by atoms with Crippen LogP contribution in [0.15, 0.2) is 71.9 Å². The van der Waals surface area contributed by atoms with Crippen LogP contribution < -0.4 is 5.69 Å². The summed E-state index contributed by atoms with van der Waals surface area (Å²) in [5.41, 5.74) is 5.62. The second-order valence-corrected chi connectivity index (χ2v) is 8.91. The first-order valence-corrected chi connectivity index (χ1v) is 11.4. The van der Waals surface area contributed by atoms with Crippen LogP contribution >= 0.6 is 0 Å². The summed E-state index contributed by atoms with van der Waals surface area (Å²) in [6, 6.07) is 16.3. The standard InChI is InChI=1S/C26H25N5O2/c1-29-24-15-27-23-12-7-17(18-14-28-30(16-18)19-5-3-2-4-6-19)13-22(23)25(24)31(26(29)33)20-8-10-21(32)11-9-20/h2-7,12-16,20-21,32H,8-11H2,1H3. The van der Waals surface area contributed by atoms with E-state index < -0.39 is 0 Å². The molecule has 0 radical (unpaired) electrons. The van der Waals surface area contributed by atoms with E-state index in [4.69, 9.17) is 0 Å². The number of fused-ring (bicyclic) bond motifs is 3. The number of aliphatic hydroxyl groups excluding tert-OH is 1. The summed E-state index contributed by atoms with van der Waals surface area (Å²) < 4.78 is 5.49. The smallest absolute Gasteiger partial charge is 0.329 e. The summed E-state index contributed by atoms with van der Waals surface area (Å²) in [6.07, 6.45) is 8.45. The van der Waals surface area contributed by atoms with Gasteiger partial charge in [-0.1, -0.05) is 24.3 Å². The Bertz CT molecular complexity index is 1520. The van der Waals surface area contributed by atoms with Crippen molar-refractivity contribution in [2.24, 2.45) is 7.05 Å². The molecule has 1 saturated carbocycles. The van der Waals surface area contributed by atoms with Crippen LogP contribution in [0, 0.1) is 0 Å². The Balaban J connectivity index is 1.52. The molecule has 1 aliphatic carbocycles. The zero-order chi connectivity index (χ0) is 22.5. The number of aryl methyl sites for hydroxylation is 1. The maximum atomic E-state index is 13.3. The van der Waals surface area contributed by atoms with Crippen molar-refractivity contribution in [2.75, 3.05) is 0 Å². The highest BCUT2D eigenvalue weighted by Crippen LogP contribution is 2.34. The highest BCUT2D eigenvalue weighted by atomic mass is 16.3. The Morgan fingerprint density at radius 2 is 1.76 bits per heavy atom. The second kappa shape index (κ2) is 7.71. The molecule has 33 heavy (non-hydrogen) atoms. The van der Waals surface area contributed by atoms with E-state index in [2.05, 4.69) is 22.2 Å². The molecule has 3 aromatic heterocycles. The van der Waals surface area contributed by atoms with Crippen molar-refractivity contribution in [1.82, 2.24) is 23.9 Å². The van der Waals surface area contributed by atoms with Crippen molar-refractivity contribution < 1.29 is 5.11 Å². The lowest BCUT2D eigenvalue weighted by Gasteiger charge is -2.26. The summed E-state index contributed by atoms with van der Waals surface area (Å²) in [5, 5.41) is 15.5. The molecule has 0 aliphatic heterocycles. The number of hydrogen-bond donors (Lipinski definition) is 1. The lowest BCUT2D eigenvalue weighted by Crippen LogP contribution is -2.29. The molecule has 3 heterocycles. The SMILES string of the molecule is Cn1c(=O)n(C2CCC(O)CC2)c2c3cc(-c4cnn(-c5ccccc5)c4)ccc3ncc21. The first-order chi connectivity index (χ1) is 16.1. The molecular weight excluding hydrogens is 414 g/mol. The molecule has 0 unspecified atom stereocenters. The Morgan fingerprint density at radius 3 is 2.55 bits per heavy atom. The fourth-order valence-corrected chi connectivity index (χ4v) is 5.06. The van der Waals surface area contributed by atoms with E-state index in [0.717, 1.165) is 64.4 Å². The van der Waals surface area contributed by atoms with Crippen molar-refractivity contribution in [2.45, 2.75) is 37.8 Å². The van der Waals surface area contributed by atoms with Gasteiger partial charge in [0.25, 0.3) is 0 Å². The molecule has 0 bridgehead atoms. The number of rotatable bonds is 3. The number of pyridine rings is 1. The van der Waals surface area contributed by atoms with E-state index in [1.54, 1.807) is 17.8 Å². The van der Waals surface area contributed by atoms with Crippen molar-refractivity contribution >= 4 is 21.9 Å². The Morgan fingerprint density at radius 1 is 0.970 bits per heavy atom. The number of hydrogen-bond acceptors (Lipinski definition) is 4. The molecule has 2 aromatic carbocycles. The summed E-state index contributed by atoms with van der Waals surface area (Å²) >= 11 is 0. The van der Waals surface area contributed by atoms with Crippen LogP contribution in [0.2, 0.25) is 0 Å². The summed E-state index contributed by atoms with van der Waals surface area (Å²) in [7, 11) is 1.81. The van der Waals surface area contributed by atoms with Gasteiger partial charge in [0, 0.05) is 30.2 Å². The third-order valence-electron chi connectivity index (χ3n) is 6.88. The van der Waals surface area contributed by atoms with Gasteiger partial charge in [-0.25, -0.2) is 9.48 Å². The van der Waals surface area contributed by atoms with E-state index in [0.29, 0.717) is 0 Å². The van der Waals surface area contributed by atoms with Gasteiger partial charge in [-0.15, -0.1) is 0 Å². The van der Waals surface area contributed by atoms with Crippen LogP contribution in [0.1, 0.15) is 31.7 Å². The zero-order valence-corrected chi connectivity index (χ0v) is 18.4. The largest absolute Gasteiger partial charge is 0.393 e. The van der Waals surface area contributed by atoms with Crippen LogP contribution in [0.4, 0.5) is 0 Å². The predicted molar refractivity (Wildman–Crippen MR) is 129 cm³/mol. The van der Waals surface area contributed by atoms with E-state index in [1.165, 1.54) is 0 Å². The number of nitrogens with zero attached hydrogens (tertiary/aromatic N) is 5. The highest BCUT2D eigenvalue weighted by Gasteiger charge is 2.26. The van der Waals surface area contributed by atoms with Crippen molar-refractivity contribution in [3.8, 4) is 16.8 Å². The van der Waals surface area contributed by atoms with Gasteiger partial charge in [-0.2, -0.15) is 5.10 Å². The molecule has 6 rings (SSSR count). The van der Waals surface area contributed by atoms with Gasteiger partial charge in [0.1, 0.15) is 0 Å². The van der Waals surface area contributed by atoms with Crippen LogP contribution in [-0.4, -0.2) is 35.1 Å². The monoisotopic (exact) mass is 439 g/mol. The van der Waals surface area contributed by atoms with E-state index in [-0.39, 0.29) is 17.8 Å². The predicted octanol–water partition coefficient (Wildman–Crippen LogP) is 4.22. The molecular formula is C26H25N5O2. The molecule has 7 nitrogen and oxygen atoms in total. The quantitative estimate of drug-likeness (QED) is 0.457. The average molecular weight is 440 g/mol.